The van der Waals surface area contributed by atoms with Crippen LogP contribution < -0.4 is 15.4 Å². The standard InChI is InChI=1S/C18H23FN4O3S2/c19-15-4-1-2-5-16(15)23-10-8-22(9-11-23)7-3-6-21-18(24)14-12-17(27-13-14)28(20,25)26/h1-2,4-5,12-13H,3,6-11H2,(H,21,24)(H2,20,25,26). The first-order valence-corrected chi connectivity index (χ1v) is 11.4. The molecule has 1 saturated heterocycles. The van der Waals surface area contributed by atoms with E-state index in [9.17, 15) is 17.6 Å². The average molecular weight is 427 g/mol. The second-order valence-electron chi connectivity index (χ2n) is 6.59. The summed E-state index contributed by atoms with van der Waals surface area (Å²) < 4.78 is 36.4. The van der Waals surface area contributed by atoms with E-state index in [2.05, 4.69) is 10.2 Å². The predicted octanol–water partition coefficient (Wildman–Crippen LogP) is 1.48. The Labute approximate surface area is 168 Å². The lowest BCUT2D eigenvalue weighted by atomic mass is 10.2. The van der Waals surface area contributed by atoms with Crippen LogP contribution in [0.25, 0.3) is 0 Å². The highest BCUT2D eigenvalue weighted by Gasteiger charge is 2.19. The van der Waals surface area contributed by atoms with Gasteiger partial charge in [-0.3, -0.25) is 9.69 Å². The molecule has 0 radical (unpaired) electrons. The van der Waals surface area contributed by atoms with E-state index in [1.165, 1.54) is 17.5 Å². The topological polar surface area (TPSA) is 95.7 Å². The highest BCUT2D eigenvalue weighted by Crippen LogP contribution is 2.20. The van der Waals surface area contributed by atoms with Crippen LogP contribution in [0.2, 0.25) is 0 Å². The number of halogens is 1. The zero-order chi connectivity index (χ0) is 20.1. The van der Waals surface area contributed by atoms with Gasteiger partial charge < -0.3 is 10.2 Å². The van der Waals surface area contributed by atoms with Gasteiger partial charge in [0, 0.05) is 38.1 Å². The molecule has 0 atom stereocenters. The summed E-state index contributed by atoms with van der Waals surface area (Å²) in [5, 5.41) is 9.32. The predicted molar refractivity (Wildman–Crippen MR) is 108 cm³/mol. The highest BCUT2D eigenvalue weighted by molar-refractivity contribution is 7.91. The van der Waals surface area contributed by atoms with Crippen LogP contribution in [0.4, 0.5) is 10.1 Å². The van der Waals surface area contributed by atoms with Gasteiger partial charge in [0.2, 0.25) is 10.0 Å². The molecular formula is C18H23FN4O3S2. The quantitative estimate of drug-likeness (QED) is 0.654. The molecule has 3 rings (SSSR count). The van der Waals surface area contributed by atoms with E-state index in [0.717, 1.165) is 50.5 Å². The smallest absolute Gasteiger partial charge is 0.252 e. The summed E-state index contributed by atoms with van der Waals surface area (Å²) in [6.45, 7) is 4.52. The number of primary sulfonamides is 1. The number of thiophene rings is 1. The summed E-state index contributed by atoms with van der Waals surface area (Å²) in [5.41, 5.74) is 0.941. The first kappa shape index (κ1) is 20.7. The van der Waals surface area contributed by atoms with Crippen molar-refractivity contribution in [1.82, 2.24) is 10.2 Å². The fraction of sp³-hybridized carbons (Fsp3) is 0.389. The third kappa shape index (κ3) is 5.28. The monoisotopic (exact) mass is 426 g/mol. The number of amides is 1. The van der Waals surface area contributed by atoms with E-state index >= 15 is 0 Å². The molecule has 1 aliphatic heterocycles. The number of piperazine rings is 1. The Balaban J connectivity index is 1.38. The minimum absolute atomic E-state index is 0.0228. The molecule has 1 fully saturated rings. The minimum Gasteiger partial charge on any atom is -0.367 e. The summed E-state index contributed by atoms with van der Waals surface area (Å²) >= 11 is 0.933. The second-order valence-corrected chi connectivity index (χ2v) is 9.29. The van der Waals surface area contributed by atoms with Crippen LogP contribution >= 0.6 is 11.3 Å². The zero-order valence-corrected chi connectivity index (χ0v) is 16.9. The third-order valence-corrected chi connectivity index (χ3v) is 7.01. The third-order valence-electron chi connectivity index (χ3n) is 4.62. The van der Waals surface area contributed by atoms with Gasteiger partial charge in [0.25, 0.3) is 5.91 Å². The van der Waals surface area contributed by atoms with E-state index in [1.807, 2.05) is 11.0 Å². The Hall–Kier alpha value is -2.01. The number of para-hydroxylation sites is 1. The van der Waals surface area contributed by atoms with Crippen molar-refractivity contribution in [2.75, 3.05) is 44.2 Å². The Bertz CT molecular complexity index is 924. The molecule has 0 aliphatic carbocycles. The Morgan fingerprint density at radius 2 is 1.93 bits per heavy atom. The number of anilines is 1. The van der Waals surface area contributed by atoms with Gasteiger partial charge in [-0.05, 0) is 31.2 Å². The Morgan fingerprint density at radius 3 is 2.57 bits per heavy atom. The van der Waals surface area contributed by atoms with Gasteiger partial charge in [0.15, 0.2) is 0 Å². The van der Waals surface area contributed by atoms with Crippen molar-refractivity contribution in [3.63, 3.8) is 0 Å². The molecule has 1 aliphatic rings. The first-order valence-electron chi connectivity index (χ1n) is 8.96. The summed E-state index contributed by atoms with van der Waals surface area (Å²) in [5.74, 6) is -0.506. The van der Waals surface area contributed by atoms with Gasteiger partial charge in [0.1, 0.15) is 10.0 Å². The number of carbonyl (C=O) groups excluding carboxylic acids is 1. The molecule has 152 valence electrons. The molecule has 0 spiro atoms. The van der Waals surface area contributed by atoms with Crippen molar-refractivity contribution in [2.45, 2.75) is 10.6 Å². The van der Waals surface area contributed by atoms with E-state index in [0.29, 0.717) is 17.8 Å². The number of nitrogens with zero attached hydrogens (tertiary/aromatic N) is 2. The maximum atomic E-state index is 13.9. The molecule has 2 aromatic rings. The van der Waals surface area contributed by atoms with E-state index in [-0.39, 0.29) is 15.9 Å². The summed E-state index contributed by atoms with van der Waals surface area (Å²) in [4.78, 5) is 16.4. The number of benzene rings is 1. The highest BCUT2D eigenvalue weighted by atomic mass is 32.2. The molecular weight excluding hydrogens is 403 g/mol. The molecule has 28 heavy (non-hydrogen) atoms. The lowest BCUT2D eigenvalue weighted by Gasteiger charge is -2.36. The maximum absolute atomic E-state index is 13.9. The van der Waals surface area contributed by atoms with Gasteiger partial charge in [-0.25, -0.2) is 17.9 Å². The SMILES string of the molecule is NS(=O)(=O)c1cc(C(=O)NCCCN2CCN(c3ccccc3F)CC2)cs1. The number of rotatable bonds is 7. The fourth-order valence-electron chi connectivity index (χ4n) is 3.11. The number of sulfonamides is 1. The van der Waals surface area contributed by atoms with Gasteiger partial charge in [-0.2, -0.15) is 0 Å². The molecule has 7 nitrogen and oxygen atoms in total. The number of nitrogens with one attached hydrogen (secondary N) is 1. The number of nitrogens with two attached hydrogens (primary N) is 1. The normalized spacial score (nSPS) is 15.6. The molecule has 2 heterocycles. The summed E-state index contributed by atoms with van der Waals surface area (Å²) in [6, 6.07) is 8.09. The molecule has 1 aromatic carbocycles. The van der Waals surface area contributed by atoms with Gasteiger partial charge in [0.05, 0.1) is 11.3 Å². The lowest BCUT2D eigenvalue weighted by molar-refractivity contribution is 0.0952. The number of hydrogen-bond acceptors (Lipinski definition) is 6. The Morgan fingerprint density at radius 1 is 1.21 bits per heavy atom. The van der Waals surface area contributed by atoms with E-state index in [4.69, 9.17) is 5.14 Å². The number of carbonyl (C=O) groups is 1. The maximum Gasteiger partial charge on any atom is 0.252 e. The van der Waals surface area contributed by atoms with Crippen molar-refractivity contribution < 1.29 is 17.6 Å². The fourth-order valence-corrected chi connectivity index (χ4v) is 4.70. The van der Waals surface area contributed by atoms with E-state index in [1.54, 1.807) is 12.1 Å². The van der Waals surface area contributed by atoms with Gasteiger partial charge in [-0.1, -0.05) is 12.1 Å². The van der Waals surface area contributed by atoms with Crippen LogP contribution in [0.5, 0.6) is 0 Å². The van der Waals surface area contributed by atoms with Gasteiger partial charge in [-0.15, -0.1) is 11.3 Å². The van der Waals surface area contributed by atoms with Crippen molar-refractivity contribution in [3.05, 3.63) is 47.1 Å². The van der Waals surface area contributed by atoms with Crippen molar-refractivity contribution in [2.24, 2.45) is 5.14 Å². The molecule has 1 aromatic heterocycles. The van der Waals surface area contributed by atoms with Crippen molar-refractivity contribution >= 4 is 33.0 Å². The largest absolute Gasteiger partial charge is 0.367 e. The first-order chi connectivity index (χ1) is 13.3. The lowest BCUT2D eigenvalue weighted by Crippen LogP contribution is -2.47. The van der Waals surface area contributed by atoms with Crippen LogP contribution in [0.1, 0.15) is 16.8 Å². The van der Waals surface area contributed by atoms with E-state index < -0.39 is 10.0 Å². The molecule has 0 saturated carbocycles. The van der Waals surface area contributed by atoms with Crippen LogP contribution in [0.15, 0.2) is 39.9 Å². The number of hydrogen-bond donors (Lipinski definition) is 2. The Kier molecular flexibility index (Phi) is 6.65. The zero-order valence-electron chi connectivity index (χ0n) is 15.3. The molecule has 10 heteroatoms. The molecule has 0 bridgehead atoms. The summed E-state index contributed by atoms with van der Waals surface area (Å²) in [7, 11) is -3.78. The molecule has 0 unspecified atom stereocenters. The van der Waals surface area contributed by atoms with Gasteiger partial charge >= 0.3 is 0 Å². The molecule has 1 amide bonds. The van der Waals surface area contributed by atoms with Crippen LogP contribution in [0, 0.1) is 5.82 Å². The minimum atomic E-state index is -3.78. The van der Waals surface area contributed by atoms with Crippen LogP contribution in [-0.4, -0.2) is 58.5 Å². The second kappa shape index (κ2) is 8.99. The van der Waals surface area contributed by atoms with Crippen LogP contribution in [-0.2, 0) is 10.0 Å². The summed E-state index contributed by atoms with van der Waals surface area (Å²) in [6.07, 6.45) is 0.775. The van der Waals surface area contributed by atoms with Crippen molar-refractivity contribution in [1.29, 1.82) is 0 Å². The molecule has 3 N–H and O–H groups in total. The average Bonchev–Trinajstić information content (AvgIpc) is 3.17. The van der Waals surface area contributed by atoms with Crippen molar-refractivity contribution in [3.8, 4) is 0 Å². The van der Waals surface area contributed by atoms with Crippen LogP contribution in [0.3, 0.4) is 0 Å².